The van der Waals surface area contributed by atoms with Gasteiger partial charge in [0.1, 0.15) is 6.10 Å². The number of esters is 1. The lowest BCUT2D eigenvalue weighted by Gasteiger charge is -2.27. The minimum atomic E-state index is -0.0559. The van der Waals surface area contributed by atoms with Crippen LogP contribution in [-0.2, 0) is 9.53 Å². The molecule has 1 saturated carbocycles. The molecule has 0 unspecified atom stereocenters. The van der Waals surface area contributed by atoms with Gasteiger partial charge >= 0.3 is 5.97 Å². The second-order valence-corrected chi connectivity index (χ2v) is 5.25. The molecule has 0 aromatic heterocycles. The highest BCUT2D eigenvalue weighted by Gasteiger charge is 2.22. The highest BCUT2D eigenvalue weighted by atomic mass is 127. The Morgan fingerprint density at radius 3 is 2.50 bits per heavy atom. The molecule has 94 valence electrons. The van der Waals surface area contributed by atoms with Gasteiger partial charge < -0.3 is 9.64 Å². The van der Waals surface area contributed by atoms with Gasteiger partial charge in [0.05, 0.1) is 6.42 Å². The molecular formula is C11H21IN2O2. The van der Waals surface area contributed by atoms with Gasteiger partial charge in [0.25, 0.3) is 0 Å². The fourth-order valence-corrected chi connectivity index (χ4v) is 2.47. The van der Waals surface area contributed by atoms with E-state index in [0.29, 0.717) is 12.5 Å². The smallest absolute Gasteiger partial charge is 0.307 e. The third-order valence-corrected chi connectivity index (χ3v) is 3.77. The van der Waals surface area contributed by atoms with Crippen LogP contribution in [-0.4, -0.2) is 43.7 Å². The molecule has 4 nitrogen and oxygen atoms in total. The van der Waals surface area contributed by atoms with Crippen LogP contribution in [0.4, 0.5) is 0 Å². The summed E-state index contributed by atoms with van der Waals surface area (Å²) in [7, 11) is 3.93. The summed E-state index contributed by atoms with van der Waals surface area (Å²) in [5, 5.41) is 0. The van der Waals surface area contributed by atoms with Crippen LogP contribution in [0.25, 0.3) is 0 Å². The maximum atomic E-state index is 11.5. The number of nitrogens with one attached hydrogen (secondary N) is 1. The van der Waals surface area contributed by atoms with Gasteiger partial charge in [0.2, 0.25) is 0 Å². The van der Waals surface area contributed by atoms with Crippen molar-refractivity contribution in [1.29, 1.82) is 0 Å². The van der Waals surface area contributed by atoms with E-state index in [2.05, 4.69) is 26.4 Å². The monoisotopic (exact) mass is 340 g/mol. The Balaban J connectivity index is 2.15. The molecule has 0 bridgehead atoms. The highest BCUT2D eigenvalue weighted by Crippen LogP contribution is 2.22. The zero-order valence-electron chi connectivity index (χ0n) is 10.0. The first-order valence-corrected chi connectivity index (χ1v) is 6.90. The second-order valence-electron chi connectivity index (χ2n) is 4.63. The van der Waals surface area contributed by atoms with Crippen LogP contribution >= 0.6 is 22.9 Å². The van der Waals surface area contributed by atoms with Crippen molar-refractivity contribution in [1.82, 2.24) is 8.43 Å². The average Bonchev–Trinajstić information content (AvgIpc) is 2.27. The van der Waals surface area contributed by atoms with Gasteiger partial charge in [-0.1, -0.05) is 0 Å². The number of carbonyl (C=O) groups excluding carboxylic acids is 1. The first kappa shape index (κ1) is 14.2. The number of nitrogens with zero attached hydrogens (tertiary/aromatic N) is 1. The maximum Gasteiger partial charge on any atom is 0.307 e. The fourth-order valence-electron chi connectivity index (χ4n) is 1.85. The Bertz CT molecular complexity index is 216. The van der Waals surface area contributed by atoms with E-state index in [4.69, 9.17) is 4.74 Å². The molecule has 0 aliphatic heterocycles. The molecule has 0 heterocycles. The lowest BCUT2D eigenvalue weighted by molar-refractivity contribution is -0.150. The largest absolute Gasteiger partial charge is 0.462 e. The van der Waals surface area contributed by atoms with Crippen molar-refractivity contribution < 1.29 is 9.53 Å². The number of hydrogen-bond donors (Lipinski definition) is 1. The van der Waals surface area contributed by atoms with E-state index in [0.717, 1.165) is 32.2 Å². The third kappa shape index (κ3) is 5.45. The summed E-state index contributed by atoms with van der Waals surface area (Å²) in [6, 6.07) is 0.595. The molecule has 0 saturated heterocycles. The van der Waals surface area contributed by atoms with Crippen molar-refractivity contribution in [3.63, 3.8) is 0 Å². The Hall–Kier alpha value is 0.120. The number of halogens is 1. The molecule has 0 radical (unpaired) electrons. The zero-order chi connectivity index (χ0) is 12.0. The molecule has 0 aromatic rings. The number of carbonyl (C=O) groups is 1. The Morgan fingerprint density at radius 2 is 2.00 bits per heavy atom. The Labute approximate surface area is 112 Å². The van der Waals surface area contributed by atoms with Crippen molar-refractivity contribution in [3.05, 3.63) is 0 Å². The molecule has 16 heavy (non-hydrogen) atoms. The lowest BCUT2D eigenvalue weighted by Crippen LogP contribution is -2.32. The topological polar surface area (TPSA) is 41.6 Å². The van der Waals surface area contributed by atoms with Crippen molar-refractivity contribution in [3.8, 4) is 0 Å². The predicted octanol–water partition coefficient (Wildman–Crippen LogP) is 1.73. The summed E-state index contributed by atoms with van der Waals surface area (Å²) in [4.78, 5) is 13.5. The van der Waals surface area contributed by atoms with E-state index in [1.165, 1.54) is 0 Å². The second kappa shape index (κ2) is 7.45. The summed E-state index contributed by atoms with van der Waals surface area (Å²) < 4.78 is 8.68. The van der Waals surface area contributed by atoms with Crippen LogP contribution in [0.15, 0.2) is 0 Å². The minimum Gasteiger partial charge on any atom is -0.462 e. The Kier molecular flexibility index (Phi) is 6.60. The summed E-state index contributed by atoms with van der Waals surface area (Å²) in [5.74, 6) is -0.0559. The van der Waals surface area contributed by atoms with Crippen LogP contribution in [0.3, 0.4) is 0 Å². The summed E-state index contributed by atoms with van der Waals surface area (Å²) >= 11 is 2.20. The van der Waals surface area contributed by atoms with Gasteiger partial charge in [0.15, 0.2) is 0 Å². The van der Waals surface area contributed by atoms with E-state index in [1.54, 1.807) is 0 Å². The first-order valence-electron chi connectivity index (χ1n) is 5.82. The highest BCUT2D eigenvalue weighted by molar-refractivity contribution is 14.1. The summed E-state index contributed by atoms with van der Waals surface area (Å²) in [5.41, 5.74) is 0. The normalized spacial score (nSPS) is 25.8. The molecule has 1 fully saturated rings. The molecule has 0 atom stereocenters. The van der Waals surface area contributed by atoms with Gasteiger partial charge in [-0.25, -0.2) is 0 Å². The molecule has 0 spiro atoms. The van der Waals surface area contributed by atoms with Crippen LogP contribution in [0.2, 0.25) is 0 Å². The van der Waals surface area contributed by atoms with Crippen molar-refractivity contribution in [2.45, 2.75) is 44.2 Å². The molecule has 0 aromatic carbocycles. The molecule has 0 amide bonds. The number of rotatable bonds is 5. The Morgan fingerprint density at radius 1 is 1.38 bits per heavy atom. The van der Waals surface area contributed by atoms with Crippen LogP contribution < -0.4 is 3.53 Å². The van der Waals surface area contributed by atoms with Crippen LogP contribution in [0.1, 0.15) is 32.1 Å². The molecule has 1 aliphatic rings. The fraction of sp³-hybridized carbons (Fsp3) is 0.909. The van der Waals surface area contributed by atoms with Gasteiger partial charge in [0, 0.05) is 35.5 Å². The van der Waals surface area contributed by atoms with E-state index >= 15 is 0 Å². The summed E-state index contributed by atoms with van der Waals surface area (Å²) in [6.07, 6.45) is 4.85. The molecular weight excluding hydrogens is 319 g/mol. The van der Waals surface area contributed by atoms with Gasteiger partial charge in [-0.3, -0.25) is 8.32 Å². The van der Waals surface area contributed by atoms with Gasteiger partial charge in [-0.05, 0) is 39.8 Å². The van der Waals surface area contributed by atoms with Crippen molar-refractivity contribution in [2.24, 2.45) is 0 Å². The molecule has 1 N–H and O–H groups in total. The van der Waals surface area contributed by atoms with Gasteiger partial charge in [-0.2, -0.15) is 0 Å². The standard InChI is InChI=1S/C11H21IN2O2/c1-14(2)8-7-11(15)16-10-5-3-9(13-12)4-6-10/h9-10,13H,3-8H2,1-2H3/t9-,10-. The van der Waals surface area contributed by atoms with Crippen LogP contribution in [0, 0.1) is 0 Å². The number of hydrogen-bond acceptors (Lipinski definition) is 4. The van der Waals surface area contributed by atoms with E-state index in [-0.39, 0.29) is 12.1 Å². The third-order valence-electron chi connectivity index (χ3n) is 2.89. The SMILES string of the molecule is CN(C)CCC(=O)O[C@H]1CC[C@H](NI)CC1. The molecule has 1 aliphatic carbocycles. The average molecular weight is 340 g/mol. The van der Waals surface area contributed by atoms with Gasteiger partial charge in [-0.15, -0.1) is 0 Å². The van der Waals surface area contributed by atoms with Crippen molar-refractivity contribution in [2.75, 3.05) is 20.6 Å². The van der Waals surface area contributed by atoms with E-state index < -0.39 is 0 Å². The lowest BCUT2D eigenvalue weighted by atomic mass is 9.94. The number of ether oxygens (including phenoxy) is 1. The quantitative estimate of drug-likeness (QED) is 0.470. The zero-order valence-corrected chi connectivity index (χ0v) is 12.2. The minimum absolute atomic E-state index is 0.0559. The van der Waals surface area contributed by atoms with Crippen molar-refractivity contribution >= 4 is 28.8 Å². The van der Waals surface area contributed by atoms with E-state index in [1.807, 2.05) is 19.0 Å². The maximum absolute atomic E-state index is 11.5. The van der Waals surface area contributed by atoms with Crippen LogP contribution in [0.5, 0.6) is 0 Å². The molecule has 1 rings (SSSR count). The summed E-state index contributed by atoms with van der Waals surface area (Å²) in [6.45, 7) is 0.767. The van der Waals surface area contributed by atoms with E-state index in [9.17, 15) is 4.79 Å². The first-order chi connectivity index (χ1) is 7.61. The molecule has 5 heteroatoms. The predicted molar refractivity (Wildman–Crippen MR) is 72.5 cm³/mol.